The summed E-state index contributed by atoms with van der Waals surface area (Å²) in [4.78, 5) is 13.4. The number of ether oxygens (including phenoxy) is 3. The molecule has 0 unspecified atom stereocenters. The molecule has 35 heavy (non-hydrogen) atoms. The quantitative estimate of drug-likeness (QED) is 0.365. The molecule has 0 spiro atoms. The molecule has 1 atom stereocenters. The summed E-state index contributed by atoms with van der Waals surface area (Å²) in [5.41, 5.74) is 3.26. The van der Waals surface area contributed by atoms with Gasteiger partial charge >= 0.3 is 5.97 Å². The van der Waals surface area contributed by atoms with Gasteiger partial charge < -0.3 is 19.3 Å². The van der Waals surface area contributed by atoms with Crippen molar-refractivity contribution in [1.29, 1.82) is 0 Å². The maximum atomic E-state index is 11.0. The van der Waals surface area contributed by atoms with Crippen molar-refractivity contribution in [3.63, 3.8) is 0 Å². The molecule has 0 aliphatic carbocycles. The maximum Gasteiger partial charge on any atom is 0.307 e. The lowest BCUT2D eigenvalue weighted by atomic mass is 10.0. The standard InChI is InChI=1S/C29H33NO5/c1-22(25-8-3-2-4-9-25)20-30(21-24-11-12-27-28(18-24)35-16-15-34-27)13-6-14-33-26-10-5-7-23(17-26)19-29(31)32/h2-5,7-12,17-18,22H,6,13-16,19-21H2,1H3,(H,31,32)/t22-/m0/s1. The summed E-state index contributed by atoms with van der Waals surface area (Å²) in [6.45, 7) is 6.60. The highest BCUT2D eigenvalue weighted by atomic mass is 16.6. The van der Waals surface area contributed by atoms with Crippen LogP contribution in [0.2, 0.25) is 0 Å². The molecule has 0 saturated heterocycles. The van der Waals surface area contributed by atoms with Crippen LogP contribution in [0.5, 0.6) is 17.2 Å². The molecular weight excluding hydrogens is 442 g/mol. The number of nitrogens with zero attached hydrogens (tertiary/aromatic N) is 1. The molecule has 184 valence electrons. The molecule has 0 fully saturated rings. The van der Waals surface area contributed by atoms with E-state index < -0.39 is 5.97 Å². The van der Waals surface area contributed by atoms with E-state index >= 15 is 0 Å². The van der Waals surface area contributed by atoms with Crippen LogP contribution in [0.1, 0.15) is 36.0 Å². The van der Waals surface area contributed by atoms with Gasteiger partial charge in [-0.1, -0.05) is 55.5 Å². The summed E-state index contributed by atoms with van der Waals surface area (Å²) in [6.07, 6.45) is 0.854. The fourth-order valence-corrected chi connectivity index (χ4v) is 4.35. The second kappa shape index (κ2) is 12.3. The van der Waals surface area contributed by atoms with E-state index in [9.17, 15) is 4.79 Å². The van der Waals surface area contributed by atoms with E-state index in [1.807, 2.05) is 24.3 Å². The third-order valence-corrected chi connectivity index (χ3v) is 6.05. The topological polar surface area (TPSA) is 68.2 Å². The van der Waals surface area contributed by atoms with Gasteiger partial charge in [-0.05, 0) is 53.3 Å². The van der Waals surface area contributed by atoms with Crippen LogP contribution in [0.25, 0.3) is 0 Å². The highest BCUT2D eigenvalue weighted by molar-refractivity contribution is 5.70. The first-order valence-corrected chi connectivity index (χ1v) is 12.2. The first-order chi connectivity index (χ1) is 17.1. The van der Waals surface area contributed by atoms with E-state index in [2.05, 4.69) is 48.2 Å². The van der Waals surface area contributed by atoms with Crippen LogP contribution in [-0.2, 0) is 17.8 Å². The first-order valence-electron chi connectivity index (χ1n) is 12.2. The fraction of sp³-hybridized carbons (Fsp3) is 0.345. The summed E-state index contributed by atoms with van der Waals surface area (Å²) >= 11 is 0. The van der Waals surface area contributed by atoms with E-state index in [0.717, 1.165) is 43.1 Å². The molecule has 1 N–H and O–H groups in total. The Morgan fingerprint density at radius 3 is 2.57 bits per heavy atom. The van der Waals surface area contributed by atoms with Gasteiger partial charge in [-0.25, -0.2) is 0 Å². The van der Waals surface area contributed by atoms with Gasteiger partial charge in [0.05, 0.1) is 13.0 Å². The van der Waals surface area contributed by atoms with Crippen LogP contribution in [0.3, 0.4) is 0 Å². The minimum absolute atomic E-state index is 0.00210. The summed E-state index contributed by atoms with van der Waals surface area (Å²) in [5.74, 6) is 1.88. The van der Waals surface area contributed by atoms with Gasteiger partial charge in [-0.3, -0.25) is 9.69 Å². The SMILES string of the molecule is C[C@@H](CN(CCCOc1cccc(CC(=O)O)c1)Cc1ccc2c(c1)OCCO2)c1ccccc1. The molecule has 1 heterocycles. The Morgan fingerprint density at radius 1 is 0.971 bits per heavy atom. The smallest absolute Gasteiger partial charge is 0.307 e. The van der Waals surface area contributed by atoms with Crippen LogP contribution < -0.4 is 14.2 Å². The van der Waals surface area contributed by atoms with Crippen molar-refractivity contribution in [2.75, 3.05) is 32.9 Å². The molecule has 6 nitrogen and oxygen atoms in total. The zero-order chi connectivity index (χ0) is 24.5. The zero-order valence-corrected chi connectivity index (χ0v) is 20.2. The lowest BCUT2D eigenvalue weighted by molar-refractivity contribution is -0.136. The average molecular weight is 476 g/mol. The minimum Gasteiger partial charge on any atom is -0.494 e. The number of benzene rings is 3. The van der Waals surface area contributed by atoms with Crippen LogP contribution >= 0.6 is 0 Å². The highest BCUT2D eigenvalue weighted by Gasteiger charge is 2.16. The number of carbonyl (C=O) groups is 1. The molecule has 0 radical (unpaired) electrons. The number of hydrogen-bond acceptors (Lipinski definition) is 5. The van der Waals surface area contributed by atoms with Crippen LogP contribution in [0, 0.1) is 0 Å². The Bertz CT molecular complexity index is 1100. The summed E-state index contributed by atoms with van der Waals surface area (Å²) in [5, 5.41) is 9.01. The molecule has 3 aromatic carbocycles. The average Bonchev–Trinajstić information content (AvgIpc) is 2.87. The van der Waals surface area contributed by atoms with Gasteiger partial charge in [0.1, 0.15) is 19.0 Å². The lowest BCUT2D eigenvalue weighted by Gasteiger charge is -2.27. The largest absolute Gasteiger partial charge is 0.494 e. The third kappa shape index (κ3) is 7.49. The minimum atomic E-state index is -0.843. The van der Waals surface area contributed by atoms with Gasteiger partial charge in [0, 0.05) is 19.6 Å². The van der Waals surface area contributed by atoms with Gasteiger partial charge in [0.15, 0.2) is 11.5 Å². The van der Waals surface area contributed by atoms with Crippen molar-refractivity contribution < 1.29 is 24.1 Å². The second-order valence-electron chi connectivity index (χ2n) is 8.94. The zero-order valence-electron chi connectivity index (χ0n) is 20.2. The number of carboxylic acid groups (broad SMARTS) is 1. The van der Waals surface area contributed by atoms with E-state index in [0.29, 0.717) is 31.5 Å². The maximum absolute atomic E-state index is 11.0. The van der Waals surface area contributed by atoms with Gasteiger partial charge in [-0.2, -0.15) is 0 Å². The van der Waals surface area contributed by atoms with Crippen LogP contribution in [0.4, 0.5) is 0 Å². The van der Waals surface area contributed by atoms with Crippen molar-refractivity contribution in [1.82, 2.24) is 4.90 Å². The number of hydrogen-bond donors (Lipinski definition) is 1. The van der Waals surface area contributed by atoms with Gasteiger partial charge in [0.25, 0.3) is 0 Å². The Kier molecular flexibility index (Phi) is 8.63. The predicted molar refractivity (Wildman–Crippen MR) is 135 cm³/mol. The Labute approximate surface area is 207 Å². The van der Waals surface area contributed by atoms with E-state index in [4.69, 9.17) is 19.3 Å². The molecule has 0 saturated carbocycles. The Balaban J connectivity index is 1.37. The normalized spacial score (nSPS) is 13.4. The monoisotopic (exact) mass is 475 g/mol. The lowest BCUT2D eigenvalue weighted by Crippen LogP contribution is -2.29. The van der Waals surface area contributed by atoms with Crippen LogP contribution in [-0.4, -0.2) is 48.9 Å². The molecular formula is C29H33NO5. The first kappa shape index (κ1) is 24.6. The predicted octanol–water partition coefficient (Wildman–Crippen LogP) is 5.16. The molecule has 4 rings (SSSR count). The van der Waals surface area contributed by atoms with Crippen molar-refractivity contribution in [3.8, 4) is 17.2 Å². The van der Waals surface area contributed by atoms with Crippen molar-refractivity contribution in [3.05, 3.63) is 89.5 Å². The second-order valence-corrected chi connectivity index (χ2v) is 8.94. The summed E-state index contributed by atoms with van der Waals surface area (Å²) < 4.78 is 17.4. The summed E-state index contributed by atoms with van der Waals surface area (Å²) in [6, 6.07) is 24.1. The van der Waals surface area contributed by atoms with Gasteiger partial charge in [-0.15, -0.1) is 0 Å². The number of carboxylic acids is 1. The number of aliphatic carboxylic acids is 1. The molecule has 1 aliphatic rings. The van der Waals surface area contributed by atoms with E-state index in [1.165, 1.54) is 11.1 Å². The molecule has 1 aliphatic heterocycles. The van der Waals surface area contributed by atoms with Crippen molar-refractivity contribution >= 4 is 5.97 Å². The molecule has 6 heteroatoms. The molecule has 0 amide bonds. The number of rotatable bonds is 12. The molecule has 0 bridgehead atoms. The van der Waals surface area contributed by atoms with Crippen LogP contribution in [0.15, 0.2) is 72.8 Å². The third-order valence-electron chi connectivity index (χ3n) is 6.05. The Hall–Kier alpha value is -3.51. The van der Waals surface area contributed by atoms with E-state index in [1.54, 1.807) is 12.1 Å². The Morgan fingerprint density at radius 2 is 1.77 bits per heavy atom. The van der Waals surface area contributed by atoms with E-state index in [-0.39, 0.29) is 6.42 Å². The molecule has 3 aromatic rings. The highest BCUT2D eigenvalue weighted by Crippen LogP contribution is 2.31. The van der Waals surface area contributed by atoms with Crippen molar-refractivity contribution in [2.45, 2.75) is 32.2 Å². The molecule has 0 aromatic heterocycles. The summed E-state index contributed by atoms with van der Waals surface area (Å²) in [7, 11) is 0. The fourth-order valence-electron chi connectivity index (χ4n) is 4.35. The number of fused-ring (bicyclic) bond motifs is 1. The van der Waals surface area contributed by atoms with Crippen molar-refractivity contribution in [2.24, 2.45) is 0 Å². The van der Waals surface area contributed by atoms with Gasteiger partial charge in [0.2, 0.25) is 0 Å².